The third-order valence-electron chi connectivity index (χ3n) is 3.18. The number of rotatable bonds is 2. The molecule has 13 heavy (non-hydrogen) atoms. The van der Waals surface area contributed by atoms with Crippen LogP contribution in [0, 0.1) is 5.92 Å². The Bertz CT molecular complexity index is 262. The fraction of sp³-hybridized carbons (Fsp3) is 0.700. The third kappa shape index (κ3) is 1.38. The van der Waals surface area contributed by atoms with Crippen LogP contribution in [0.25, 0.3) is 0 Å². The molecular formula is C10H13BrO2. The number of carbonyl (C=O) groups excluding carboxylic acids is 1. The van der Waals surface area contributed by atoms with Gasteiger partial charge in [0.15, 0.2) is 0 Å². The molecule has 3 atom stereocenters. The molecule has 2 nitrogen and oxygen atoms in total. The predicted molar refractivity (Wildman–Crippen MR) is 53.9 cm³/mol. The quantitative estimate of drug-likeness (QED) is 0.550. The van der Waals surface area contributed by atoms with Crippen molar-refractivity contribution in [2.75, 3.05) is 5.33 Å². The second-order valence-electron chi connectivity index (χ2n) is 4.04. The first kappa shape index (κ1) is 9.41. The van der Waals surface area contributed by atoms with Crippen LogP contribution in [0.15, 0.2) is 11.6 Å². The van der Waals surface area contributed by atoms with Gasteiger partial charge in [0, 0.05) is 10.9 Å². The van der Waals surface area contributed by atoms with E-state index < -0.39 is 0 Å². The molecule has 0 saturated carbocycles. The van der Waals surface area contributed by atoms with Gasteiger partial charge in [0.25, 0.3) is 0 Å². The maximum atomic E-state index is 10.7. The van der Waals surface area contributed by atoms with Crippen LogP contribution >= 0.6 is 15.9 Å². The van der Waals surface area contributed by atoms with Gasteiger partial charge in [-0.25, -0.2) is 0 Å². The lowest BCUT2D eigenvalue weighted by molar-refractivity contribution is -0.106. The normalized spacial score (nSPS) is 43.1. The van der Waals surface area contributed by atoms with Crippen molar-refractivity contribution in [3.05, 3.63) is 11.6 Å². The minimum Gasteiger partial charge on any atom is -0.366 e. The molecule has 0 radical (unpaired) electrons. The van der Waals surface area contributed by atoms with E-state index in [2.05, 4.69) is 22.9 Å². The minimum atomic E-state index is -0.0775. The van der Waals surface area contributed by atoms with Gasteiger partial charge in [-0.05, 0) is 25.7 Å². The van der Waals surface area contributed by atoms with Gasteiger partial charge >= 0.3 is 0 Å². The number of hydrogen-bond donors (Lipinski definition) is 0. The lowest BCUT2D eigenvalue weighted by Crippen LogP contribution is -2.33. The highest BCUT2D eigenvalue weighted by molar-refractivity contribution is 9.09. The molecule has 0 N–H and O–H groups in total. The zero-order valence-electron chi connectivity index (χ0n) is 7.63. The van der Waals surface area contributed by atoms with Crippen molar-refractivity contribution in [2.45, 2.75) is 31.5 Å². The lowest BCUT2D eigenvalue weighted by Gasteiger charge is -2.26. The molecule has 1 aliphatic carbocycles. The summed E-state index contributed by atoms with van der Waals surface area (Å²) in [5, 5.41) is 0.848. The van der Waals surface area contributed by atoms with Crippen LogP contribution in [-0.4, -0.2) is 23.3 Å². The van der Waals surface area contributed by atoms with Crippen LogP contribution in [0.5, 0.6) is 0 Å². The predicted octanol–water partition coefficient (Wildman–Crippen LogP) is 2.07. The first-order valence-corrected chi connectivity index (χ1v) is 5.71. The van der Waals surface area contributed by atoms with Crippen molar-refractivity contribution in [1.82, 2.24) is 0 Å². The number of ether oxygens (including phenoxy) is 1. The first-order valence-electron chi connectivity index (χ1n) is 4.58. The summed E-state index contributed by atoms with van der Waals surface area (Å²) in [5.74, 6) is 0.570. The summed E-state index contributed by atoms with van der Waals surface area (Å²) in [6.07, 6.45) is 5.00. The van der Waals surface area contributed by atoms with E-state index in [0.29, 0.717) is 5.92 Å². The highest BCUT2D eigenvalue weighted by Crippen LogP contribution is 2.44. The van der Waals surface area contributed by atoms with Gasteiger partial charge in [0.2, 0.25) is 0 Å². The molecule has 3 heteroatoms. The number of carbonyl (C=O) groups is 1. The summed E-state index contributed by atoms with van der Waals surface area (Å²) >= 11 is 3.47. The second kappa shape index (κ2) is 3.21. The molecule has 0 unspecified atom stereocenters. The number of alkyl halides is 1. The maximum absolute atomic E-state index is 10.7. The van der Waals surface area contributed by atoms with Crippen molar-refractivity contribution in [3.8, 4) is 0 Å². The van der Waals surface area contributed by atoms with Crippen molar-refractivity contribution in [2.24, 2.45) is 5.92 Å². The number of halogens is 1. The molecule has 72 valence electrons. The molecule has 1 saturated heterocycles. The molecule has 0 aromatic carbocycles. The molecular weight excluding hydrogens is 232 g/mol. The summed E-state index contributed by atoms with van der Waals surface area (Å²) in [5.41, 5.74) is 0.757. The summed E-state index contributed by atoms with van der Waals surface area (Å²) in [4.78, 5) is 10.7. The Kier molecular flexibility index (Phi) is 2.32. The van der Waals surface area contributed by atoms with E-state index in [1.54, 1.807) is 0 Å². The van der Waals surface area contributed by atoms with Crippen LogP contribution in [-0.2, 0) is 9.53 Å². The van der Waals surface area contributed by atoms with Gasteiger partial charge < -0.3 is 4.74 Å². The Morgan fingerprint density at radius 1 is 1.85 bits per heavy atom. The van der Waals surface area contributed by atoms with Crippen LogP contribution in [0.3, 0.4) is 0 Å². The van der Waals surface area contributed by atoms with Gasteiger partial charge in [-0.3, -0.25) is 4.79 Å². The smallest absolute Gasteiger partial charge is 0.148 e. The van der Waals surface area contributed by atoms with Gasteiger partial charge in [0.1, 0.15) is 6.29 Å². The van der Waals surface area contributed by atoms with Crippen molar-refractivity contribution < 1.29 is 9.53 Å². The van der Waals surface area contributed by atoms with Crippen LogP contribution < -0.4 is 0 Å². The van der Waals surface area contributed by atoms with Gasteiger partial charge in [-0.1, -0.05) is 22.0 Å². The number of fused-ring (bicyclic) bond motifs is 2. The van der Waals surface area contributed by atoms with Crippen LogP contribution in [0.1, 0.15) is 19.8 Å². The molecule has 0 aromatic rings. The molecule has 2 rings (SSSR count). The molecule has 2 aliphatic rings. The Balaban J connectivity index is 2.22. The van der Waals surface area contributed by atoms with Gasteiger partial charge in [-0.2, -0.15) is 0 Å². The lowest BCUT2D eigenvalue weighted by atomic mass is 9.82. The average molecular weight is 245 g/mol. The van der Waals surface area contributed by atoms with E-state index in [-0.39, 0.29) is 11.7 Å². The summed E-state index contributed by atoms with van der Waals surface area (Å²) in [6.45, 7) is 2.12. The van der Waals surface area contributed by atoms with E-state index in [0.717, 1.165) is 30.0 Å². The fourth-order valence-corrected chi connectivity index (χ4v) is 2.79. The molecule has 1 aliphatic heterocycles. The summed E-state index contributed by atoms with van der Waals surface area (Å²) < 4.78 is 5.88. The number of allylic oxidation sites excluding steroid dienone is 1. The molecule has 1 heterocycles. The fourth-order valence-electron chi connectivity index (χ4n) is 2.20. The maximum Gasteiger partial charge on any atom is 0.148 e. The van der Waals surface area contributed by atoms with Crippen molar-refractivity contribution in [1.29, 1.82) is 0 Å². The average Bonchev–Trinajstić information content (AvgIpc) is 2.41. The SMILES string of the molecule is C[C@@]1(CBr)O[C@H]2C[C@@H]1CC=C2C=O. The zero-order chi connectivity index (χ0) is 9.47. The zero-order valence-corrected chi connectivity index (χ0v) is 9.21. The van der Waals surface area contributed by atoms with Crippen LogP contribution in [0.4, 0.5) is 0 Å². The standard InChI is InChI=1S/C10H13BrO2/c1-10(6-11)8-3-2-7(5-12)9(4-8)13-10/h2,5,8-9H,3-4,6H2,1H3/t8-,9-,10-/m0/s1. The molecule has 0 aromatic heterocycles. The number of hydrogen-bond acceptors (Lipinski definition) is 2. The monoisotopic (exact) mass is 244 g/mol. The highest BCUT2D eigenvalue weighted by atomic mass is 79.9. The second-order valence-corrected chi connectivity index (χ2v) is 4.60. The first-order chi connectivity index (χ1) is 6.19. The Morgan fingerprint density at radius 2 is 2.62 bits per heavy atom. The van der Waals surface area contributed by atoms with Gasteiger partial charge in [0.05, 0.1) is 11.7 Å². The molecule has 0 spiro atoms. The topological polar surface area (TPSA) is 26.3 Å². The molecule has 2 bridgehead atoms. The van der Waals surface area contributed by atoms with Crippen molar-refractivity contribution in [3.63, 3.8) is 0 Å². The number of aldehydes is 1. The van der Waals surface area contributed by atoms with Crippen molar-refractivity contribution >= 4 is 22.2 Å². The largest absolute Gasteiger partial charge is 0.366 e. The molecule has 1 fully saturated rings. The van der Waals surface area contributed by atoms with E-state index in [1.165, 1.54) is 0 Å². The minimum absolute atomic E-state index is 0.0544. The third-order valence-corrected chi connectivity index (χ3v) is 4.30. The Labute approximate surface area is 86.5 Å². The Morgan fingerprint density at radius 3 is 3.23 bits per heavy atom. The van der Waals surface area contributed by atoms with E-state index in [9.17, 15) is 4.79 Å². The highest BCUT2D eigenvalue weighted by Gasteiger charge is 2.46. The van der Waals surface area contributed by atoms with E-state index >= 15 is 0 Å². The Hall–Kier alpha value is -0.150. The van der Waals surface area contributed by atoms with E-state index in [4.69, 9.17) is 4.74 Å². The van der Waals surface area contributed by atoms with Crippen LogP contribution in [0.2, 0.25) is 0 Å². The summed E-state index contributed by atoms with van der Waals surface area (Å²) in [7, 11) is 0. The molecule has 0 amide bonds. The van der Waals surface area contributed by atoms with Gasteiger partial charge in [-0.15, -0.1) is 0 Å². The summed E-state index contributed by atoms with van der Waals surface area (Å²) in [6, 6.07) is 0. The van der Waals surface area contributed by atoms with E-state index in [1.807, 2.05) is 6.08 Å².